The first-order valence-corrected chi connectivity index (χ1v) is 10.6. The molecule has 28 heavy (non-hydrogen) atoms. The Hall–Kier alpha value is -2.20. The zero-order chi connectivity index (χ0) is 20.7. The summed E-state index contributed by atoms with van der Waals surface area (Å²) < 4.78 is 6.41. The average Bonchev–Trinajstić information content (AvgIpc) is 2.67. The van der Waals surface area contributed by atoms with Crippen molar-refractivity contribution in [1.82, 2.24) is 0 Å². The van der Waals surface area contributed by atoms with E-state index in [0.717, 1.165) is 14.5 Å². The lowest BCUT2D eigenvalue weighted by atomic mass is 9.96. The molecule has 0 aliphatic carbocycles. The van der Waals surface area contributed by atoms with Gasteiger partial charge in [-0.3, -0.25) is 5.32 Å². The van der Waals surface area contributed by atoms with E-state index in [1.807, 2.05) is 18.4 Å². The van der Waals surface area contributed by atoms with E-state index in [1.165, 1.54) is 12.1 Å². The van der Waals surface area contributed by atoms with Crippen LogP contribution in [0.5, 0.6) is 5.75 Å². The second-order valence-electron chi connectivity index (χ2n) is 5.94. The number of carboxylic acids is 1. The molecule has 2 aromatic carbocycles. The molecule has 0 radical (unpaired) electrons. The van der Waals surface area contributed by atoms with Crippen molar-refractivity contribution < 1.29 is 24.5 Å². The van der Waals surface area contributed by atoms with Crippen molar-refractivity contribution in [1.29, 1.82) is 0 Å². The number of carbonyl (C=O) groups is 2. The van der Waals surface area contributed by atoms with Gasteiger partial charge in [-0.1, -0.05) is 13.0 Å². The van der Waals surface area contributed by atoms with Crippen LogP contribution in [0, 0.1) is 9.49 Å². The van der Waals surface area contributed by atoms with Crippen LogP contribution in [-0.4, -0.2) is 28.5 Å². The van der Waals surface area contributed by atoms with Gasteiger partial charge in [-0.05, 0) is 71.3 Å². The van der Waals surface area contributed by atoms with E-state index in [1.54, 1.807) is 43.0 Å². The second kappa shape index (κ2) is 10.4. The minimum atomic E-state index is -1.10. The van der Waals surface area contributed by atoms with Gasteiger partial charge in [0.1, 0.15) is 11.9 Å². The predicted octanol–water partition coefficient (Wildman–Crippen LogP) is 5.29. The van der Waals surface area contributed by atoms with Gasteiger partial charge in [-0.15, -0.1) is 11.8 Å². The fourth-order valence-corrected chi connectivity index (χ4v) is 3.40. The molecule has 0 spiro atoms. The summed E-state index contributed by atoms with van der Waals surface area (Å²) >= 11 is 3.68. The van der Waals surface area contributed by atoms with Crippen LogP contribution in [0.15, 0.2) is 59.5 Å². The van der Waals surface area contributed by atoms with Crippen molar-refractivity contribution in [3.05, 3.63) is 63.8 Å². The van der Waals surface area contributed by atoms with Gasteiger partial charge in [-0.2, -0.15) is 0 Å². The molecule has 6 nitrogen and oxygen atoms in total. The number of phenolic OH excluding ortho intramolecular Hbond substituents is 1. The lowest BCUT2D eigenvalue weighted by Crippen LogP contribution is -2.21. The maximum Gasteiger partial charge on any atom is 0.412 e. The van der Waals surface area contributed by atoms with Gasteiger partial charge in [0, 0.05) is 31.7 Å². The predicted molar refractivity (Wildman–Crippen MR) is 118 cm³/mol. The van der Waals surface area contributed by atoms with Crippen LogP contribution in [0.25, 0.3) is 0 Å². The Balaban J connectivity index is 2.23. The zero-order valence-corrected chi connectivity index (χ0v) is 18.2. The van der Waals surface area contributed by atoms with E-state index in [4.69, 9.17) is 9.84 Å². The Morgan fingerprint density at radius 3 is 2.50 bits per heavy atom. The van der Waals surface area contributed by atoms with Gasteiger partial charge in [0.25, 0.3) is 0 Å². The highest BCUT2D eigenvalue weighted by atomic mass is 127. The lowest BCUT2D eigenvalue weighted by molar-refractivity contribution is -0.131. The number of rotatable bonds is 7. The van der Waals surface area contributed by atoms with Gasteiger partial charge in [0.15, 0.2) is 0 Å². The fraction of sp³-hybridized carbons (Fsp3) is 0.200. The zero-order valence-electron chi connectivity index (χ0n) is 15.3. The van der Waals surface area contributed by atoms with Crippen LogP contribution in [-0.2, 0) is 9.53 Å². The number of aliphatic carboxylic acids is 1. The molecule has 0 saturated heterocycles. The molecule has 0 aliphatic heterocycles. The van der Waals surface area contributed by atoms with E-state index in [-0.39, 0.29) is 5.75 Å². The molecule has 0 saturated carbocycles. The number of phenols is 1. The molecule has 2 aromatic rings. The van der Waals surface area contributed by atoms with Crippen molar-refractivity contribution >= 4 is 52.1 Å². The van der Waals surface area contributed by atoms with Crippen LogP contribution in [0.1, 0.15) is 18.6 Å². The molecule has 0 aromatic heterocycles. The number of amides is 1. The lowest BCUT2D eigenvalue weighted by Gasteiger charge is -2.23. The summed E-state index contributed by atoms with van der Waals surface area (Å²) in [4.78, 5) is 24.3. The first kappa shape index (κ1) is 22.1. The molecule has 3 N–H and O–H groups in total. The van der Waals surface area contributed by atoms with Gasteiger partial charge < -0.3 is 14.9 Å². The van der Waals surface area contributed by atoms with Gasteiger partial charge >= 0.3 is 12.1 Å². The molecule has 2 atom stereocenters. The molecule has 0 heterocycles. The minimum absolute atomic E-state index is 0.0295. The Labute approximate surface area is 181 Å². The number of ether oxygens (including phenoxy) is 1. The van der Waals surface area contributed by atoms with E-state index in [0.29, 0.717) is 11.3 Å². The summed E-state index contributed by atoms with van der Waals surface area (Å²) in [5.41, 5.74) is 0.976. The quantitative estimate of drug-likeness (QED) is 0.265. The molecule has 0 unspecified atom stereocenters. The van der Waals surface area contributed by atoms with Crippen molar-refractivity contribution in [2.75, 3.05) is 11.6 Å². The average molecular weight is 513 g/mol. The van der Waals surface area contributed by atoms with Crippen LogP contribution < -0.4 is 5.32 Å². The smallest absolute Gasteiger partial charge is 0.412 e. The molecule has 0 fully saturated rings. The molecule has 8 heteroatoms. The van der Waals surface area contributed by atoms with Crippen molar-refractivity contribution in [3.63, 3.8) is 0 Å². The number of halogens is 1. The largest absolute Gasteiger partial charge is 0.508 e. The number of thioether (sulfide) groups is 1. The molecule has 148 valence electrons. The maximum absolute atomic E-state index is 12.4. The highest BCUT2D eigenvalue weighted by Crippen LogP contribution is 2.34. The number of anilines is 1. The Morgan fingerprint density at radius 2 is 1.89 bits per heavy atom. The number of nitrogens with one attached hydrogen (secondary N) is 1. The van der Waals surface area contributed by atoms with Crippen LogP contribution in [0.4, 0.5) is 10.5 Å². The molecular weight excluding hydrogens is 493 g/mol. The standard InChI is InChI=1S/C20H20INO5S/c1-12(3-10-18(24)25)19(16-11-13(21)4-9-17(16)23)27-20(26)22-14-5-7-15(28-2)8-6-14/h3-12,19,23H,1-2H3,(H,22,26)(H,24,25)/b10-3+/t12-,19+/m1/s1. The Bertz CT molecular complexity index is 869. The summed E-state index contributed by atoms with van der Waals surface area (Å²) in [6.45, 7) is 1.71. The number of carboxylic acid groups (broad SMARTS) is 1. The summed E-state index contributed by atoms with van der Waals surface area (Å²) in [5, 5.41) is 21.8. The second-order valence-corrected chi connectivity index (χ2v) is 8.06. The topological polar surface area (TPSA) is 95.9 Å². The van der Waals surface area contributed by atoms with Gasteiger partial charge in [0.05, 0.1) is 0 Å². The molecular formula is C20H20INO5S. The number of carbonyl (C=O) groups excluding carboxylic acids is 1. The van der Waals surface area contributed by atoms with E-state index in [9.17, 15) is 14.7 Å². The van der Waals surface area contributed by atoms with Crippen LogP contribution >= 0.6 is 34.4 Å². The fourth-order valence-electron chi connectivity index (χ4n) is 2.48. The van der Waals surface area contributed by atoms with E-state index >= 15 is 0 Å². The van der Waals surface area contributed by atoms with Crippen LogP contribution in [0.3, 0.4) is 0 Å². The summed E-state index contributed by atoms with van der Waals surface area (Å²) in [6.07, 6.45) is 2.81. The number of benzene rings is 2. The highest BCUT2D eigenvalue weighted by molar-refractivity contribution is 14.1. The highest BCUT2D eigenvalue weighted by Gasteiger charge is 2.25. The summed E-state index contributed by atoms with van der Waals surface area (Å²) in [7, 11) is 0. The SMILES string of the molecule is CSc1ccc(NC(=O)O[C@H](c2cc(I)ccc2O)[C@H](C)/C=C/C(=O)O)cc1. The van der Waals surface area contributed by atoms with Crippen molar-refractivity contribution in [3.8, 4) is 5.75 Å². The number of hydrogen-bond donors (Lipinski definition) is 3. The van der Waals surface area contributed by atoms with Crippen molar-refractivity contribution in [2.45, 2.75) is 17.9 Å². The summed E-state index contributed by atoms with van der Waals surface area (Å²) in [5.74, 6) is -1.61. The molecule has 0 bridgehead atoms. The third kappa shape index (κ3) is 6.45. The monoisotopic (exact) mass is 513 g/mol. The number of hydrogen-bond acceptors (Lipinski definition) is 5. The van der Waals surface area contributed by atoms with E-state index in [2.05, 4.69) is 27.9 Å². The first-order chi connectivity index (χ1) is 13.3. The summed E-state index contributed by atoms with van der Waals surface area (Å²) in [6, 6.07) is 12.2. The third-order valence-corrected chi connectivity index (χ3v) is 5.30. The van der Waals surface area contributed by atoms with Crippen LogP contribution in [0.2, 0.25) is 0 Å². The minimum Gasteiger partial charge on any atom is -0.508 e. The Morgan fingerprint density at radius 1 is 1.21 bits per heavy atom. The maximum atomic E-state index is 12.4. The molecule has 2 rings (SSSR count). The van der Waals surface area contributed by atoms with Crippen molar-refractivity contribution in [2.24, 2.45) is 5.92 Å². The van der Waals surface area contributed by atoms with Gasteiger partial charge in [0.2, 0.25) is 0 Å². The van der Waals surface area contributed by atoms with E-state index < -0.39 is 24.1 Å². The van der Waals surface area contributed by atoms with Gasteiger partial charge in [-0.25, -0.2) is 9.59 Å². The molecule has 0 aliphatic rings. The normalized spacial score (nSPS) is 13.1. The Kier molecular flexibility index (Phi) is 8.18. The number of aromatic hydroxyl groups is 1. The molecule has 1 amide bonds. The first-order valence-electron chi connectivity index (χ1n) is 8.31. The third-order valence-electron chi connectivity index (χ3n) is 3.89.